The summed E-state index contributed by atoms with van der Waals surface area (Å²) in [4.78, 5) is 34.8. The highest BCUT2D eigenvalue weighted by Gasteiger charge is 2.20. The molecular formula is C14H12N4O5. The summed E-state index contributed by atoms with van der Waals surface area (Å²) in [5.41, 5.74) is 0.166. The molecule has 9 nitrogen and oxygen atoms in total. The van der Waals surface area contributed by atoms with E-state index in [4.69, 9.17) is 4.74 Å². The lowest BCUT2D eigenvalue weighted by molar-refractivity contribution is -0.384. The molecule has 0 saturated heterocycles. The highest BCUT2D eigenvalue weighted by molar-refractivity contribution is 5.97. The molecule has 0 unspecified atom stereocenters. The summed E-state index contributed by atoms with van der Waals surface area (Å²) in [6.45, 7) is 1.88. The van der Waals surface area contributed by atoms with Gasteiger partial charge in [0.15, 0.2) is 5.65 Å². The number of benzene rings is 1. The van der Waals surface area contributed by atoms with Gasteiger partial charge in [-0.1, -0.05) is 0 Å². The Morgan fingerprint density at radius 1 is 1.43 bits per heavy atom. The smallest absolute Gasteiger partial charge is 0.343 e. The van der Waals surface area contributed by atoms with Gasteiger partial charge in [0.05, 0.1) is 28.6 Å². The number of hydrogen-bond donors (Lipinski definition) is 0. The summed E-state index contributed by atoms with van der Waals surface area (Å²) in [6, 6.07) is 3.92. The maximum Gasteiger partial charge on any atom is 0.343 e. The van der Waals surface area contributed by atoms with Crippen molar-refractivity contribution in [3.63, 3.8) is 0 Å². The molecule has 0 bridgehead atoms. The second-order valence-electron chi connectivity index (χ2n) is 4.84. The zero-order chi connectivity index (χ0) is 16.7. The van der Waals surface area contributed by atoms with E-state index < -0.39 is 16.5 Å². The third-order valence-electron chi connectivity index (χ3n) is 3.51. The van der Waals surface area contributed by atoms with E-state index in [-0.39, 0.29) is 28.9 Å². The van der Waals surface area contributed by atoms with Gasteiger partial charge in [0.2, 0.25) is 0 Å². The summed E-state index contributed by atoms with van der Waals surface area (Å²) in [5.74, 6) is -0.584. The van der Waals surface area contributed by atoms with E-state index in [1.54, 1.807) is 6.92 Å². The molecule has 1 aromatic carbocycles. The van der Waals surface area contributed by atoms with Crippen molar-refractivity contribution < 1.29 is 14.5 Å². The summed E-state index contributed by atoms with van der Waals surface area (Å²) in [7, 11) is 1.47. The SMILES string of the molecule is CCOC(=O)c1cnn2c3ccc([N+](=O)[O-])cc3c(=O)n(C)c12. The summed E-state index contributed by atoms with van der Waals surface area (Å²) < 4.78 is 7.58. The van der Waals surface area contributed by atoms with Gasteiger partial charge in [-0.2, -0.15) is 5.10 Å². The van der Waals surface area contributed by atoms with Crippen LogP contribution in [0.25, 0.3) is 16.6 Å². The lowest BCUT2D eigenvalue weighted by Gasteiger charge is -2.08. The van der Waals surface area contributed by atoms with Crippen LogP contribution in [0.2, 0.25) is 0 Å². The first-order valence-electron chi connectivity index (χ1n) is 6.77. The second-order valence-corrected chi connectivity index (χ2v) is 4.84. The quantitative estimate of drug-likeness (QED) is 0.409. The minimum absolute atomic E-state index is 0.146. The van der Waals surface area contributed by atoms with Crippen molar-refractivity contribution in [2.24, 2.45) is 7.05 Å². The molecule has 0 N–H and O–H groups in total. The van der Waals surface area contributed by atoms with Gasteiger partial charge in [-0.05, 0) is 13.0 Å². The number of non-ortho nitro benzene ring substituents is 1. The van der Waals surface area contributed by atoms with E-state index >= 15 is 0 Å². The Kier molecular flexibility index (Phi) is 3.32. The van der Waals surface area contributed by atoms with Gasteiger partial charge in [0.25, 0.3) is 11.2 Å². The van der Waals surface area contributed by atoms with E-state index in [0.717, 1.165) is 0 Å². The number of nitrogens with zero attached hydrogens (tertiary/aromatic N) is 4. The third-order valence-corrected chi connectivity index (χ3v) is 3.51. The molecule has 3 aromatic rings. The molecule has 0 aliphatic carbocycles. The number of fused-ring (bicyclic) bond motifs is 3. The Labute approximate surface area is 128 Å². The highest BCUT2D eigenvalue weighted by Crippen LogP contribution is 2.21. The molecule has 2 heterocycles. The molecule has 23 heavy (non-hydrogen) atoms. The number of nitro benzene ring substituents is 1. The van der Waals surface area contributed by atoms with Crippen molar-refractivity contribution in [1.29, 1.82) is 0 Å². The molecule has 118 valence electrons. The average molecular weight is 316 g/mol. The summed E-state index contributed by atoms with van der Waals surface area (Å²) >= 11 is 0. The first-order valence-corrected chi connectivity index (χ1v) is 6.77. The van der Waals surface area contributed by atoms with E-state index in [9.17, 15) is 19.7 Å². The lowest BCUT2D eigenvalue weighted by atomic mass is 10.2. The molecule has 0 amide bonds. The largest absolute Gasteiger partial charge is 0.462 e. The van der Waals surface area contributed by atoms with Crippen molar-refractivity contribution in [3.05, 3.63) is 50.4 Å². The molecular weight excluding hydrogens is 304 g/mol. The molecule has 0 aliphatic rings. The highest BCUT2D eigenvalue weighted by atomic mass is 16.6. The van der Waals surface area contributed by atoms with Crippen LogP contribution < -0.4 is 5.56 Å². The molecule has 0 spiro atoms. The number of aryl methyl sites for hydroxylation is 1. The van der Waals surface area contributed by atoms with Gasteiger partial charge in [-0.15, -0.1) is 0 Å². The number of carbonyl (C=O) groups is 1. The Morgan fingerprint density at radius 3 is 2.83 bits per heavy atom. The topological polar surface area (TPSA) is 109 Å². The average Bonchev–Trinajstić information content (AvgIpc) is 2.97. The van der Waals surface area contributed by atoms with Gasteiger partial charge in [0, 0.05) is 19.2 Å². The molecule has 2 aromatic heterocycles. The van der Waals surface area contributed by atoms with Crippen LogP contribution >= 0.6 is 0 Å². The zero-order valence-corrected chi connectivity index (χ0v) is 12.3. The van der Waals surface area contributed by atoms with Crippen molar-refractivity contribution in [2.75, 3.05) is 6.61 Å². The molecule has 9 heteroatoms. The number of hydrogen-bond acceptors (Lipinski definition) is 6. The molecule has 0 fully saturated rings. The van der Waals surface area contributed by atoms with E-state index in [2.05, 4.69) is 5.10 Å². The fraction of sp³-hybridized carbons (Fsp3) is 0.214. The number of ether oxygens (including phenoxy) is 1. The normalized spacial score (nSPS) is 11.0. The van der Waals surface area contributed by atoms with E-state index in [1.807, 2.05) is 0 Å². The molecule has 3 rings (SSSR count). The lowest BCUT2D eigenvalue weighted by Crippen LogP contribution is -2.21. The Morgan fingerprint density at radius 2 is 2.17 bits per heavy atom. The summed E-state index contributed by atoms with van der Waals surface area (Å²) in [6.07, 6.45) is 1.31. The zero-order valence-electron chi connectivity index (χ0n) is 12.3. The van der Waals surface area contributed by atoms with Crippen molar-refractivity contribution in [3.8, 4) is 0 Å². The predicted octanol–water partition coefficient (Wildman–Crippen LogP) is 1.27. The van der Waals surface area contributed by atoms with Crippen molar-refractivity contribution >= 4 is 28.2 Å². The van der Waals surface area contributed by atoms with Crippen LogP contribution in [0.3, 0.4) is 0 Å². The first-order chi connectivity index (χ1) is 11.0. The van der Waals surface area contributed by atoms with Crippen molar-refractivity contribution in [1.82, 2.24) is 14.2 Å². The number of carbonyl (C=O) groups excluding carboxylic acids is 1. The number of rotatable bonds is 3. The molecule has 0 saturated carbocycles. The number of aromatic nitrogens is 3. The van der Waals surface area contributed by atoms with Crippen LogP contribution in [0.5, 0.6) is 0 Å². The molecule has 0 atom stereocenters. The van der Waals surface area contributed by atoms with Crippen LogP contribution in [-0.4, -0.2) is 31.7 Å². The maximum atomic E-state index is 12.5. The van der Waals surface area contributed by atoms with E-state index in [0.29, 0.717) is 5.52 Å². The van der Waals surface area contributed by atoms with Gasteiger partial charge in [-0.3, -0.25) is 19.5 Å². The monoisotopic (exact) mass is 316 g/mol. The summed E-state index contributed by atoms with van der Waals surface area (Å²) in [5, 5.41) is 15.1. The van der Waals surface area contributed by atoms with Crippen LogP contribution in [0.1, 0.15) is 17.3 Å². The van der Waals surface area contributed by atoms with Gasteiger partial charge in [0.1, 0.15) is 5.56 Å². The van der Waals surface area contributed by atoms with Gasteiger partial charge in [-0.25, -0.2) is 9.31 Å². The fourth-order valence-corrected chi connectivity index (χ4v) is 2.46. The maximum absolute atomic E-state index is 12.5. The fourth-order valence-electron chi connectivity index (χ4n) is 2.46. The Bertz CT molecular complexity index is 1020. The number of esters is 1. The van der Waals surface area contributed by atoms with Crippen LogP contribution in [0.4, 0.5) is 5.69 Å². The van der Waals surface area contributed by atoms with Crippen LogP contribution in [0, 0.1) is 10.1 Å². The van der Waals surface area contributed by atoms with Gasteiger partial charge < -0.3 is 4.74 Å². The van der Waals surface area contributed by atoms with Gasteiger partial charge >= 0.3 is 5.97 Å². The number of nitro groups is 1. The second kappa shape index (κ2) is 5.20. The first kappa shape index (κ1) is 14.7. The Balaban J connectivity index is 2.40. The molecule has 0 aliphatic heterocycles. The van der Waals surface area contributed by atoms with Crippen LogP contribution in [0.15, 0.2) is 29.2 Å². The minimum atomic E-state index is -0.584. The Hall–Kier alpha value is -3.23. The van der Waals surface area contributed by atoms with Crippen molar-refractivity contribution in [2.45, 2.75) is 6.92 Å². The van der Waals surface area contributed by atoms with Crippen LogP contribution in [-0.2, 0) is 11.8 Å². The third kappa shape index (κ3) is 2.13. The minimum Gasteiger partial charge on any atom is -0.462 e. The standard InChI is InChI=1S/C14H12N4O5/c1-3-23-14(20)10-7-15-17-11-5-4-8(18(21)22)6-9(11)13(19)16(2)12(10)17/h4-7H,3H2,1-2H3. The predicted molar refractivity (Wildman–Crippen MR) is 80.5 cm³/mol. The molecule has 0 radical (unpaired) electrons. The van der Waals surface area contributed by atoms with E-state index in [1.165, 1.54) is 40.5 Å².